The first-order valence-electron chi connectivity index (χ1n) is 6.77. The Hall–Kier alpha value is -2.07. The SMILES string of the molecule is CCOc1ccccc1Oc1cc(CO)cc(CC)n1. The van der Waals surface area contributed by atoms with E-state index in [1.165, 1.54) is 0 Å². The second-order valence-electron chi connectivity index (χ2n) is 4.30. The highest BCUT2D eigenvalue weighted by molar-refractivity contribution is 5.42. The van der Waals surface area contributed by atoms with Crippen LogP contribution < -0.4 is 9.47 Å². The van der Waals surface area contributed by atoms with Gasteiger partial charge in [-0.15, -0.1) is 0 Å². The van der Waals surface area contributed by atoms with E-state index in [1.807, 2.05) is 44.2 Å². The van der Waals surface area contributed by atoms with Crippen molar-refractivity contribution in [1.29, 1.82) is 0 Å². The molecule has 0 bridgehead atoms. The van der Waals surface area contributed by atoms with E-state index in [1.54, 1.807) is 6.07 Å². The van der Waals surface area contributed by atoms with Gasteiger partial charge in [0.1, 0.15) is 0 Å². The number of ether oxygens (including phenoxy) is 2. The van der Waals surface area contributed by atoms with Crippen molar-refractivity contribution < 1.29 is 14.6 Å². The monoisotopic (exact) mass is 273 g/mol. The molecule has 4 nitrogen and oxygen atoms in total. The van der Waals surface area contributed by atoms with Gasteiger partial charge in [-0.3, -0.25) is 0 Å². The van der Waals surface area contributed by atoms with Crippen molar-refractivity contribution in [2.75, 3.05) is 6.61 Å². The lowest BCUT2D eigenvalue weighted by atomic mass is 10.2. The number of rotatable bonds is 6. The summed E-state index contributed by atoms with van der Waals surface area (Å²) in [6.07, 6.45) is 0.789. The van der Waals surface area contributed by atoms with Crippen molar-refractivity contribution in [3.63, 3.8) is 0 Å². The maximum absolute atomic E-state index is 9.28. The van der Waals surface area contributed by atoms with Crippen LogP contribution >= 0.6 is 0 Å². The minimum absolute atomic E-state index is 0.0288. The average molecular weight is 273 g/mol. The highest BCUT2D eigenvalue weighted by Crippen LogP contribution is 2.30. The zero-order valence-electron chi connectivity index (χ0n) is 11.8. The second-order valence-corrected chi connectivity index (χ2v) is 4.30. The number of hydrogen-bond donors (Lipinski definition) is 1. The first kappa shape index (κ1) is 14.3. The van der Waals surface area contributed by atoms with Gasteiger partial charge >= 0.3 is 0 Å². The maximum atomic E-state index is 9.28. The summed E-state index contributed by atoms with van der Waals surface area (Å²) in [5.41, 5.74) is 1.68. The number of hydrogen-bond acceptors (Lipinski definition) is 4. The number of para-hydroxylation sites is 2. The minimum atomic E-state index is -0.0288. The van der Waals surface area contributed by atoms with Crippen LogP contribution in [0.15, 0.2) is 36.4 Å². The van der Waals surface area contributed by atoms with Gasteiger partial charge in [-0.2, -0.15) is 0 Å². The first-order valence-corrected chi connectivity index (χ1v) is 6.77. The minimum Gasteiger partial charge on any atom is -0.490 e. The number of aryl methyl sites for hydroxylation is 1. The fourth-order valence-corrected chi connectivity index (χ4v) is 1.87. The van der Waals surface area contributed by atoms with Crippen LogP contribution in [0.25, 0.3) is 0 Å². The third kappa shape index (κ3) is 3.48. The molecule has 0 unspecified atom stereocenters. The first-order chi connectivity index (χ1) is 9.76. The smallest absolute Gasteiger partial charge is 0.220 e. The molecule has 0 aliphatic rings. The Balaban J connectivity index is 2.29. The van der Waals surface area contributed by atoms with E-state index in [9.17, 15) is 5.11 Å². The molecule has 2 aromatic rings. The summed E-state index contributed by atoms with van der Waals surface area (Å²) in [5, 5.41) is 9.28. The Morgan fingerprint density at radius 2 is 1.85 bits per heavy atom. The van der Waals surface area contributed by atoms with Crippen molar-refractivity contribution in [3.8, 4) is 17.4 Å². The molecular formula is C16H19NO3. The van der Waals surface area contributed by atoms with Crippen LogP contribution in [0.3, 0.4) is 0 Å². The Kier molecular flexibility index (Phi) is 4.96. The second kappa shape index (κ2) is 6.91. The van der Waals surface area contributed by atoms with Crippen LogP contribution in [0.5, 0.6) is 17.4 Å². The summed E-state index contributed by atoms with van der Waals surface area (Å²) in [5.74, 6) is 1.78. The fourth-order valence-electron chi connectivity index (χ4n) is 1.87. The Morgan fingerprint density at radius 3 is 2.50 bits per heavy atom. The van der Waals surface area contributed by atoms with Gasteiger partial charge in [-0.1, -0.05) is 19.1 Å². The lowest BCUT2D eigenvalue weighted by molar-refractivity contribution is 0.280. The summed E-state index contributed by atoms with van der Waals surface area (Å²) >= 11 is 0. The van der Waals surface area contributed by atoms with Crippen LogP contribution in [0.2, 0.25) is 0 Å². The molecule has 20 heavy (non-hydrogen) atoms. The predicted octanol–water partition coefficient (Wildman–Crippen LogP) is 3.33. The van der Waals surface area contributed by atoms with Crippen LogP contribution in [0.4, 0.5) is 0 Å². The van der Waals surface area contributed by atoms with Crippen LogP contribution in [-0.4, -0.2) is 16.7 Å². The molecule has 1 aromatic heterocycles. The van der Waals surface area contributed by atoms with Gasteiger partial charge < -0.3 is 14.6 Å². The Bertz CT molecular complexity index is 547. The van der Waals surface area contributed by atoms with Crippen LogP contribution in [0.1, 0.15) is 25.1 Å². The highest BCUT2D eigenvalue weighted by Gasteiger charge is 2.08. The molecule has 0 atom stereocenters. The van der Waals surface area contributed by atoms with Gasteiger partial charge in [0.25, 0.3) is 0 Å². The normalized spacial score (nSPS) is 10.3. The van der Waals surface area contributed by atoms with Gasteiger partial charge in [0.2, 0.25) is 5.88 Å². The lowest BCUT2D eigenvalue weighted by Crippen LogP contribution is -1.98. The Labute approximate surface area is 119 Å². The van der Waals surface area contributed by atoms with Crippen molar-refractivity contribution in [2.24, 2.45) is 0 Å². The third-order valence-corrected chi connectivity index (χ3v) is 2.82. The molecule has 1 aromatic carbocycles. The standard InChI is InChI=1S/C16H19NO3/c1-3-13-9-12(11-18)10-16(17-13)20-15-8-6-5-7-14(15)19-4-2/h5-10,18H,3-4,11H2,1-2H3. The van der Waals surface area contributed by atoms with E-state index in [-0.39, 0.29) is 6.61 Å². The molecule has 0 aliphatic carbocycles. The molecule has 106 valence electrons. The topological polar surface area (TPSA) is 51.6 Å². The van der Waals surface area contributed by atoms with Gasteiger partial charge in [0, 0.05) is 11.8 Å². The van der Waals surface area contributed by atoms with Crippen molar-refractivity contribution in [2.45, 2.75) is 26.9 Å². The number of aliphatic hydroxyl groups excluding tert-OH is 1. The molecular weight excluding hydrogens is 254 g/mol. The average Bonchev–Trinajstić information content (AvgIpc) is 2.49. The van der Waals surface area contributed by atoms with E-state index in [4.69, 9.17) is 9.47 Å². The molecule has 1 N–H and O–H groups in total. The molecule has 1 heterocycles. The molecule has 0 radical (unpaired) electrons. The quantitative estimate of drug-likeness (QED) is 0.877. The van der Waals surface area contributed by atoms with Gasteiger partial charge in [-0.25, -0.2) is 4.98 Å². The number of nitrogens with zero attached hydrogens (tertiary/aromatic N) is 1. The molecule has 0 aliphatic heterocycles. The largest absolute Gasteiger partial charge is 0.490 e. The number of benzene rings is 1. The maximum Gasteiger partial charge on any atom is 0.220 e. The van der Waals surface area contributed by atoms with Gasteiger partial charge in [-0.05, 0) is 37.1 Å². The van der Waals surface area contributed by atoms with E-state index in [0.717, 1.165) is 17.7 Å². The van der Waals surface area contributed by atoms with E-state index in [0.29, 0.717) is 24.0 Å². The Morgan fingerprint density at radius 1 is 1.10 bits per heavy atom. The number of aliphatic hydroxyl groups is 1. The molecule has 0 spiro atoms. The lowest BCUT2D eigenvalue weighted by Gasteiger charge is -2.12. The molecule has 0 fully saturated rings. The van der Waals surface area contributed by atoms with E-state index < -0.39 is 0 Å². The zero-order chi connectivity index (χ0) is 14.4. The molecule has 0 amide bonds. The van der Waals surface area contributed by atoms with Crippen molar-refractivity contribution >= 4 is 0 Å². The molecule has 2 rings (SSSR count). The predicted molar refractivity (Wildman–Crippen MR) is 77.2 cm³/mol. The number of pyridine rings is 1. The van der Waals surface area contributed by atoms with E-state index >= 15 is 0 Å². The van der Waals surface area contributed by atoms with E-state index in [2.05, 4.69) is 4.98 Å². The fraction of sp³-hybridized carbons (Fsp3) is 0.312. The summed E-state index contributed by atoms with van der Waals surface area (Å²) in [4.78, 5) is 4.41. The third-order valence-electron chi connectivity index (χ3n) is 2.82. The van der Waals surface area contributed by atoms with Gasteiger partial charge in [0.05, 0.1) is 13.2 Å². The summed E-state index contributed by atoms with van der Waals surface area (Å²) in [6, 6.07) is 11.1. The molecule has 4 heteroatoms. The van der Waals surface area contributed by atoms with Gasteiger partial charge in [0.15, 0.2) is 11.5 Å². The van der Waals surface area contributed by atoms with Crippen molar-refractivity contribution in [1.82, 2.24) is 4.98 Å². The molecule has 0 saturated heterocycles. The summed E-state index contributed by atoms with van der Waals surface area (Å²) < 4.78 is 11.3. The molecule has 0 saturated carbocycles. The highest BCUT2D eigenvalue weighted by atomic mass is 16.5. The zero-order valence-corrected chi connectivity index (χ0v) is 11.8. The van der Waals surface area contributed by atoms with Crippen LogP contribution in [-0.2, 0) is 13.0 Å². The van der Waals surface area contributed by atoms with Crippen molar-refractivity contribution in [3.05, 3.63) is 47.7 Å². The summed E-state index contributed by atoms with van der Waals surface area (Å²) in [7, 11) is 0. The summed E-state index contributed by atoms with van der Waals surface area (Å²) in [6.45, 7) is 4.49. The number of aromatic nitrogens is 1. The van der Waals surface area contributed by atoms with Crippen LogP contribution in [0, 0.1) is 0 Å².